The molecule has 2 aliphatic heterocycles. The SMILES string of the molecule is CCOP(=O)(OCC)C(F)(F)c1ccc2sc(C(=O)N[C@H]3CN(C(C)=O)CC[C@H]4CC[C@@H](C(=O)OCc5ccccc5)N4C3=O)cc2c1. The number of benzene rings is 2. The van der Waals surface area contributed by atoms with E-state index in [0.717, 1.165) is 29.0 Å². The van der Waals surface area contributed by atoms with Crippen LogP contribution in [0.1, 0.15) is 60.8 Å². The van der Waals surface area contributed by atoms with Gasteiger partial charge in [-0.25, -0.2) is 4.79 Å². The molecule has 0 saturated carbocycles. The highest BCUT2D eigenvalue weighted by molar-refractivity contribution is 7.54. The molecule has 48 heavy (non-hydrogen) atoms. The molecule has 0 aliphatic carbocycles. The van der Waals surface area contributed by atoms with Crippen molar-refractivity contribution in [3.05, 3.63) is 70.6 Å². The fourth-order valence-corrected chi connectivity index (χ4v) is 8.57. The highest BCUT2D eigenvalue weighted by atomic mass is 32.1. The van der Waals surface area contributed by atoms with E-state index in [4.69, 9.17) is 13.8 Å². The van der Waals surface area contributed by atoms with Crippen LogP contribution in [0.3, 0.4) is 0 Å². The summed E-state index contributed by atoms with van der Waals surface area (Å²) >= 11 is 1.02. The van der Waals surface area contributed by atoms with E-state index in [9.17, 15) is 23.7 Å². The Morgan fingerprint density at radius 3 is 2.40 bits per heavy atom. The molecule has 3 amide bonds. The van der Waals surface area contributed by atoms with Gasteiger partial charge in [0, 0.05) is 36.3 Å². The molecule has 5 rings (SSSR count). The number of hydrogen-bond donors (Lipinski definition) is 1. The Labute approximate surface area is 281 Å². The molecule has 3 atom stereocenters. The monoisotopic (exact) mass is 705 g/mol. The average molecular weight is 706 g/mol. The fraction of sp³-hybridized carbons (Fsp3) is 0.455. The molecule has 258 valence electrons. The molecule has 2 aliphatic rings. The van der Waals surface area contributed by atoms with Crippen LogP contribution < -0.4 is 5.32 Å². The molecule has 1 aromatic heterocycles. The first-order valence-electron chi connectivity index (χ1n) is 15.8. The maximum atomic E-state index is 15.4. The maximum Gasteiger partial charge on any atom is 0.404 e. The topological polar surface area (TPSA) is 132 Å². The van der Waals surface area contributed by atoms with E-state index in [-0.39, 0.29) is 48.6 Å². The second-order valence-corrected chi connectivity index (χ2v) is 14.8. The van der Waals surface area contributed by atoms with Crippen LogP contribution in [0.25, 0.3) is 10.1 Å². The number of carbonyl (C=O) groups is 4. The van der Waals surface area contributed by atoms with Crippen molar-refractivity contribution in [1.29, 1.82) is 0 Å². The molecule has 3 heterocycles. The van der Waals surface area contributed by atoms with E-state index in [1.54, 1.807) is 0 Å². The summed E-state index contributed by atoms with van der Waals surface area (Å²) in [5.74, 6) is -1.97. The normalized spacial score (nSPS) is 20.3. The third-order valence-corrected chi connectivity index (χ3v) is 11.7. The van der Waals surface area contributed by atoms with Gasteiger partial charge in [0.25, 0.3) is 5.91 Å². The molecule has 11 nitrogen and oxygen atoms in total. The summed E-state index contributed by atoms with van der Waals surface area (Å²) in [7, 11) is -4.85. The lowest BCUT2D eigenvalue weighted by Crippen LogP contribution is -2.60. The lowest BCUT2D eigenvalue weighted by atomic mass is 10.1. The van der Waals surface area contributed by atoms with Crippen LogP contribution in [-0.4, -0.2) is 77.9 Å². The highest BCUT2D eigenvalue weighted by Gasteiger charge is 2.55. The number of hydrogen-bond acceptors (Lipinski definition) is 9. The van der Waals surface area contributed by atoms with Crippen molar-refractivity contribution in [2.24, 2.45) is 0 Å². The molecule has 0 unspecified atom stereocenters. The Hall–Kier alpha value is -3.71. The fourth-order valence-electron chi connectivity index (χ4n) is 6.09. The minimum Gasteiger partial charge on any atom is -0.459 e. The standard InChI is InChI=1S/C33H38F2N3O8PS/c1-4-45-47(43,46-5-2)33(34,35)24-11-14-28-23(17-24)18-29(48-28)30(40)36-26-19-37(21(3)39)16-15-25-12-13-27(38(25)31(26)41)32(42)44-20-22-9-7-6-8-10-22/h6-11,14,17-18,25-27H,4-5,12-13,15-16,19-20H2,1-3H3,(H,36,40)/t25-,26+,27+/m1/s1. The average Bonchev–Trinajstić information content (AvgIpc) is 3.68. The Bertz CT molecular complexity index is 1710. The van der Waals surface area contributed by atoms with Crippen LogP contribution in [0, 0.1) is 0 Å². The van der Waals surface area contributed by atoms with Gasteiger partial charge in [0.15, 0.2) is 0 Å². The minimum absolute atomic E-state index is 0.0511. The first-order chi connectivity index (χ1) is 22.9. The zero-order chi connectivity index (χ0) is 34.6. The molecule has 0 bridgehead atoms. The van der Waals surface area contributed by atoms with Crippen molar-refractivity contribution in [2.45, 2.75) is 70.4 Å². The van der Waals surface area contributed by atoms with Gasteiger partial charge in [0.2, 0.25) is 11.8 Å². The highest BCUT2D eigenvalue weighted by Crippen LogP contribution is 2.67. The molecule has 3 aromatic rings. The minimum atomic E-state index is -4.85. The Kier molecular flexibility index (Phi) is 11.0. The number of thiophene rings is 1. The van der Waals surface area contributed by atoms with Gasteiger partial charge in [-0.15, -0.1) is 11.3 Å². The molecule has 0 radical (unpaired) electrons. The number of ether oxygens (including phenoxy) is 1. The van der Waals surface area contributed by atoms with Gasteiger partial charge >= 0.3 is 19.2 Å². The van der Waals surface area contributed by atoms with Crippen LogP contribution in [0.5, 0.6) is 0 Å². The number of halogens is 2. The predicted octanol–water partition coefficient (Wildman–Crippen LogP) is 5.67. The van der Waals surface area contributed by atoms with Crippen LogP contribution >= 0.6 is 18.9 Å². The number of amides is 3. The third kappa shape index (κ3) is 7.31. The lowest BCUT2D eigenvalue weighted by molar-refractivity contribution is -0.157. The van der Waals surface area contributed by atoms with E-state index in [0.29, 0.717) is 30.5 Å². The maximum absolute atomic E-state index is 15.4. The Morgan fingerprint density at radius 1 is 1.02 bits per heavy atom. The van der Waals surface area contributed by atoms with Gasteiger partial charge in [-0.3, -0.25) is 18.9 Å². The number of nitrogens with zero attached hydrogens (tertiary/aromatic N) is 2. The number of nitrogens with one attached hydrogen (secondary N) is 1. The number of alkyl halides is 2. The summed E-state index contributed by atoms with van der Waals surface area (Å²) in [5, 5.41) is 3.02. The molecule has 1 N–H and O–H groups in total. The van der Waals surface area contributed by atoms with Crippen molar-refractivity contribution < 1.29 is 46.3 Å². The summed E-state index contributed by atoms with van der Waals surface area (Å²) in [6, 6.07) is 11.8. The molecular weight excluding hydrogens is 667 g/mol. The van der Waals surface area contributed by atoms with E-state index in [1.807, 2.05) is 30.3 Å². The van der Waals surface area contributed by atoms with E-state index < -0.39 is 48.7 Å². The van der Waals surface area contributed by atoms with E-state index in [2.05, 4.69) is 5.32 Å². The first kappa shape index (κ1) is 35.6. The Morgan fingerprint density at radius 2 is 1.73 bits per heavy atom. The van der Waals surface area contributed by atoms with Crippen molar-refractivity contribution in [1.82, 2.24) is 15.1 Å². The second-order valence-electron chi connectivity index (χ2n) is 11.6. The zero-order valence-electron chi connectivity index (χ0n) is 26.9. The summed E-state index contributed by atoms with van der Waals surface area (Å²) in [4.78, 5) is 56.4. The predicted molar refractivity (Wildman–Crippen MR) is 175 cm³/mol. The second kappa shape index (κ2) is 14.8. The van der Waals surface area contributed by atoms with E-state index >= 15 is 8.78 Å². The van der Waals surface area contributed by atoms with Gasteiger partial charge in [-0.05, 0) is 62.3 Å². The van der Waals surface area contributed by atoms with Crippen LogP contribution in [0.4, 0.5) is 8.78 Å². The van der Waals surface area contributed by atoms with Gasteiger partial charge in [0.1, 0.15) is 18.7 Å². The number of fused-ring (bicyclic) bond motifs is 2. The quantitative estimate of drug-likeness (QED) is 0.200. The van der Waals surface area contributed by atoms with Crippen molar-refractivity contribution in [3.63, 3.8) is 0 Å². The van der Waals surface area contributed by atoms with Crippen LogP contribution in [0.2, 0.25) is 0 Å². The van der Waals surface area contributed by atoms with E-state index in [1.165, 1.54) is 42.7 Å². The number of esters is 1. The van der Waals surface area contributed by atoms with Crippen molar-refractivity contribution >= 4 is 52.7 Å². The summed E-state index contributed by atoms with van der Waals surface area (Å²) in [6.07, 6.45) is 1.39. The zero-order valence-corrected chi connectivity index (χ0v) is 28.6. The molecule has 2 saturated heterocycles. The largest absolute Gasteiger partial charge is 0.459 e. The number of carbonyl (C=O) groups excluding carboxylic acids is 4. The molecule has 15 heteroatoms. The number of rotatable bonds is 11. The Balaban J connectivity index is 1.37. The smallest absolute Gasteiger partial charge is 0.404 e. The van der Waals surface area contributed by atoms with Gasteiger partial charge < -0.3 is 28.9 Å². The van der Waals surface area contributed by atoms with Crippen molar-refractivity contribution in [2.75, 3.05) is 26.3 Å². The third-order valence-electron chi connectivity index (χ3n) is 8.47. The molecule has 2 aromatic carbocycles. The van der Waals surface area contributed by atoms with Gasteiger partial charge in [-0.1, -0.05) is 36.4 Å². The van der Waals surface area contributed by atoms with Crippen molar-refractivity contribution in [3.8, 4) is 0 Å². The molecule has 0 spiro atoms. The summed E-state index contributed by atoms with van der Waals surface area (Å²) in [5.41, 5.74) is -3.75. The summed E-state index contributed by atoms with van der Waals surface area (Å²) < 4.78 is 59.7. The summed E-state index contributed by atoms with van der Waals surface area (Å²) in [6.45, 7) is 4.04. The van der Waals surface area contributed by atoms with Crippen LogP contribution in [0.15, 0.2) is 54.6 Å². The molecule has 2 fully saturated rings. The lowest BCUT2D eigenvalue weighted by Gasteiger charge is -2.38. The van der Waals surface area contributed by atoms with Gasteiger partial charge in [-0.2, -0.15) is 8.78 Å². The van der Waals surface area contributed by atoms with Gasteiger partial charge in [0.05, 0.1) is 18.1 Å². The first-order valence-corrected chi connectivity index (χ1v) is 18.1. The molecular formula is C33H38F2N3O8PS. The van der Waals surface area contributed by atoms with Crippen LogP contribution in [-0.2, 0) is 45.0 Å².